The van der Waals surface area contributed by atoms with Crippen LogP contribution in [0.3, 0.4) is 0 Å². The fourth-order valence-corrected chi connectivity index (χ4v) is 3.28. The van der Waals surface area contributed by atoms with E-state index in [1.54, 1.807) is 6.07 Å². The van der Waals surface area contributed by atoms with E-state index in [0.717, 1.165) is 14.9 Å². The van der Waals surface area contributed by atoms with Gasteiger partial charge in [-0.1, -0.05) is 18.2 Å². The molecule has 0 bridgehead atoms. The smallest absolute Gasteiger partial charge is 0.365 e. The van der Waals surface area contributed by atoms with E-state index >= 15 is 0 Å². The second-order valence-corrected chi connectivity index (χ2v) is 6.61. The number of halogens is 1. The molecular formula is C20H18FN5O4. The Hall–Kier alpha value is -3.95. The predicted octanol–water partition coefficient (Wildman–Crippen LogP) is 1.50. The van der Waals surface area contributed by atoms with Crippen molar-refractivity contribution in [1.82, 2.24) is 19.7 Å². The van der Waals surface area contributed by atoms with Crippen molar-refractivity contribution in [3.8, 4) is 5.75 Å². The summed E-state index contributed by atoms with van der Waals surface area (Å²) >= 11 is 0. The first kappa shape index (κ1) is 19.4. The summed E-state index contributed by atoms with van der Waals surface area (Å²) in [5.41, 5.74) is 0.550. The molecule has 0 aliphatic carbocycles. The minimum atomic E-state index is -0.690. The molecular weight excluding hydrogens is 393 g/mol. The van der Waals surface area contributed by atoms with Gasteiger partial charge in [-0.15, -0.1) is 0 Å². The molecule has 1 aliphatic rings. The van der Waals surface area contributed by atoms with Crippen molar-refractivity contribution in [1.29, 1.82) is 0 Å². The molecule has 0 saturated heterocycles. The van der Waals surface area contributed by atoms with Crippen LogP contribution in [0, 0.1) is 5.82 Å². The zero-order chi connectivity index (χ0) is 21.3. The van der Waals surface area contributed by atoms with Crippen LogP contribution in [0.25, 0.3) is 0 Å². The number of carbonyl (C=O) groups is 2. The number of ether oxygens (including phenoxy) is 1. The van der Waals surface area contributed by atoms with Crippen LogP contribution in [0.4, 0.5) is 14.9 Å². The molecule has 0 radical (unpaired) electrons. The van der Waals surface area contributed by atoms with Crippen LogP contribution in [0.5, 0.6) is 5.75 Å². The van der Waals surface area contributed by atoms with Crippen LogP contribution in [0.1, 0.15) is 11.4 Å². The van der Waals surface area contributed by atoms with E-state index in [1.165, 1.54) is 36.3 Å². The first-order valence-corrected chi connectivity index (χ1v) is 9.12. The predicted molar refractivity (Wildman–Crippen MR) is 105 cm³/mol. The van der Waals surface area contributed by atoms with Crippen LogP contribution in [-0.4, -0.2) is 33.4 Å². The highest BCUT2D eigenvalue weighted by atomic mass is 19.1. The molecule has 0 unspecified atom stereocenters. The van der Waals surface area contributed by atoms with Crippen molar-refractivity contribution in [2.24, 2.45) is 0 Å². The molecule has 4 rings (SSSR count). The maximum absolute atomic E-state index is 13.2. The topological polar surface area (TPSA) is 98.5 Å². The number of rotatable bonds is 6. The number of carbonyl (C=O) groups excluding carboxylic acids is 2. The van der Waals surface area contributed by atoms with Crippen LogP contribution in [0.2, 0.25) is 0 Å². The third-order valence-electron chi connectivity index (χ3n) is 4.74. The lowest BCUT2D eigenvalue weighted by Gasteiger charge is -2.15. The number of aromatic nitrogens is 3. The van der Waals surface area contributed by atoms with Crippen molar-refractivity contribution in [2.75, 3.05) is 12.0 Å². The van der Waals surface area contributed by atoms with Gasteiger partial charge >= 0.3 is 11.7 Å². The maximum atomic E-state index is 13.2. The van der Waals surface area contributed by atoms with Gasteiger partial charge in [0.25, 0.3) is 0 Å². The second-order valence-electron chi connectivity index (χ2n) is 6.61. The van der Waals surface area contributed by atoms with Crippen molar-refractivity contribution in [2.45, 2.75) is 19.6 Å². The summed E-state index contributed by atoms with van der Waals surface area (Å²) in [5, 5.41) is 2.71. The Bertz CT molecular complexity index is 1170. The number of amides is 2. The Balaban J connectivity index is 1.49. The summed E-state index contributed by atoms with van der Waals surface area (Å²) < 4.78 is 20.5. The monoisotopic (exact) mass is 411 g/mol. The molecule has 1 N–H and O–H groups in total. The Morgan fingerprint density at radius 2 is 1.90 bits per heavy atom. The highest BCUT2D eigenvalue weighted by molar-refractivity contribution is 5.95. The number of nitrogens with one attached hydrogen (secondary N) is 1. The van der Waals surface area contributed by atoms with Crippen LogP contribution < -0.4 is 20.6 Å². The van der Waals surface area contributed by atoms with E-state index in [0.29, 0.717) is 11.4 Å². The lowest BCUT2D eigenvalue weighted by atomic mass is 10.2. The van der Waals surface area contributed by atoms with Gasteiger partial charge in [0.05, 0.1) is 13.7 Å². The van der Waals surface area contributed by atoms with Gasteiger partial charge in [-0.25, -0.2) is 18.7 Å². The summed E-state index contributed by atoms with van der Waals surface area (Å²) in [6.07, 6.45) is 0. The largest absolute Gasteiger partial charge is 0.496 e. The van der Waals surface area contributed by atoms with Gasteiger partial charge in [0.2, 0.25) is 5.91 Å². The SMILES string of the molecule is COc1ccccc1CNC(=O)Cn1c(=O)nc2n1C(=O)N(c1ccc(F)cc1)C2. The Morgan fingerprint density at radius 1 is 1.17 bits per heavy atom. The van der Waals surface area contributed by atoms with Crippen molar-refractivity contribution >= 4 is 17.6 Å². The molecule has 0 saturated carbocycles. The highest BCUT2D eigenvalue weighted by Gasteiger charge is 2.33. The number of methoxy groups -OCH3 is 1. The van der Waals surface area contributed by atoms with Gasteiger partial charge in [0.1, 0.15) is 18.1 Å². The summed E-state index contributed by atoms with van der Waals surface area (Å²) in [6, 6.07) is 12.1. The molecule has 9 nitrogen and oxygen atoms in total. The molecule has 30 heavy (non-hydrogen) atoms. The quantitative estimate of drug-likeness (QED) is 0.663. The highest BCUT2D eigenvalue weighted by Crippen LogP contribution is 2.23. The number of fused-ring (bicyclic) bond motifs is 1. The molecule has 2 heterocycles. The normalized spacial score (nSPS) is 12.7. The van der Waals surface area contributed by atoms with Gasteiger partial charge in [0.15, 0.2) is 5.82 Å². The van der Waals surface area contributed by atoms with E-state index in [9.17, 15) is 18.8 Å². The van der Waals surface area contributed by atoms with Gasteiger partial charge in [-0.05, 0) is 30.3 Å². The van der Waals surface area contributed by atoms with Crippen molar-refractivity contribution < 1.29 is 18.7 Å². The van der Waals surface area contributed by atoms with Crippen LogP contribution in [-0.2, 0) is 24.4 Å². The Morgan fingerprint density at radius 3 is 2.63 bits per heavy atom. The Labute approximate surface area is 170 Å². The lowest BCUT2D eigenvalue weighted by molar-refractivity contribution is -0.122. The number of hydrogen-bond acceptors (Lipinski definition) is 5. The minimum Gasteiger partial charge on any atom is -0.496 e. The molecule has 0 spiro atoms. The van der Waals surface area contributed by atoms with Gasteiger partial charge in [-0.2, -0.15) is 9.67 Å². The molecule has 10 heteroatoms. The summed E-state index contributed by atoms with van der Waals surface area (Å²) in [4.78, 5) is 42.6. The lowest BCUT2D eigenvalue weighted by Crippen LogP contribution is -2.38. The molecule has 0 fully saturated rings. The molecule has 3 aromatic rings. The minimum absolute atomic E-state index is 0.0511. The zero-order valence-electron chi connectivity index (χ0n) is 16.0. The van der Waals surface area contributed by atoms with Crippen molar-refractivity contribution in [3.05, 3.63) is 76.2 Å². The van der Waals surface area contributed by atoms with E-state index < -0.39 is 23.4 Å². The Kier molecular flexibility index (Phi) is 5.05. The third-order valence-corrected chi connectivity index (χ3v) is 4.74. The molecule has 2 aromatic carbocycles. The fraction of sp³-hybridized carbons (Fsp3) is 0.200. The first-order valence-electron chi connectivity index (χ1n) is 9.12. The molecule has 2 amide bonds. The molecule has 154 valence electrons. The van der Waals surface area contributed by atoms with Gasteiger partial charge in [0, 0.05) is 17.8 Å². The molecule has 1 aromatic heterocycles. The number of anilines is 1. The van der Waals surface area contributed by atoms with Gasteiger partial charge in [-0.3, -0.25) is 9.69 Å². The van der Waals surface area contributed by atoms with Gasteiger partial charge < -0.3 is 10.1 Å². The number of para-hydroxylation sites is 1. The third kappa shape index (κ3) is 3.54. The average molecular weight is 411 g/mol. The molecule has 1 aliphatic heterocycles. The maximum Gasteiger partial charge on any atom is 0.365 e. The summed E-state index contributed by atoms with van der Waals surface area (Å²) in [5.74, 6) is -0.0392. The average Bonchev–Trinajstić information content (AvgIpc) is 3.22. The second kappa shape index (κ2) is 7.82. The zero-order valence-corrected chi connectivity index (χ0v) is 16.0. The van der Waals surface area contributed by atoms with Crippen molar-refractivity contribution in [3.63, 3.8) is 0 Å². The number of hydrogen-bond donors (Lipinski definition) is 1. The fourth-order valence-electron chi connectivity index (χ4n) is 3.28. The van der Waals surface area contributed by atoms with Crippen LogP contribution >= 0.6 is 0 Å². The van der Waals surface area contributed by atoms with Crippen LogP contribution in [0.15, 0.2) is 53.3 Å². The van der Waals surface area contributed by atoms with E-state index in [1.807, 2.05) is 18.2 Å². The number of nitrogens with zero attached hydrogens (tertiary/aromatic N) is 4. The standard InChI is InChI=1S/C20H18FN5O4/c1-30-16-5-3-2-4-13(16)10-22-18(27)12-25-19(28)23-17-11-24(20(29)26(17)25)15-8-6-14(21)7-9-15/h2-9H,10-12H2,1H3,(H,22,27). The summed E-state index contributed by atoms with van der Waals surface area (Å²) in [6.45, 7) is -0.117. The van der Waals surface area contributed by atoms with E-state index in [-0.39, 0.29) is 25.5 Å². The van der Waals surface area contributed by atoms with E-state index in [4.69, 9.17) is 4.74 Å². The molecule has 0 atom stereocenters. The van der Waals surface area contributed by atoms with E-state index in [2.05, 4.69) is 10.3 Å². The first-order chi connectivity index (χ1) is 14.5. The number of benzene rings is 2. The summed E-state index contributed by atoms with van der Waals surface area (Å²) in [7, 11) is 1.54.